The lowest BCUT2D eigenvalue weighted by Crippen LogP contribution is -2.37. The summed E-state index contributed by atoms with van der Waals surface area (Å²) in [6, 6.07) is 13.8. The van der Waals surface area contributed by atoms with Crippen molar-refractivity contribution in [2.24, 2.45) is 0 Å². The molecule has 0 aliphatic carbocycles. The number of amides is 2. The maximum Gasteiger partial charge on any atom is 0.264 e. The van der Waals surface area contributed by atoms with E-state index in [-0.39, 0.29) is 48.7 Å². The molecule has 2 aromatic carbocycles. The van der Waals surface area contributed by atoms with Crippen molar-refractivity contribution in [3.05, 3.63) is 59.7 Å². The molecule has 0 saturated heterocycles. The van der Waals surface area contributed by atoms with Gasteiger partial charge in [-0.05, 0) is 52.0 Å². The molecule has 0 heterocycles. The van der Waals surface area contributed by atoms with Crippen LogP contribution < -0.4 is 14.9 Å². The van der Waals surface area contributed by atoms with E-state index >= 15 is 0 Å². The molecule has 7 nitrogen and oxygen atoms in total. The fourth-order valence-corrected chi connectivity index (χ4v) is 4.40. The van der Waals surface area contributed by atoms with Gasteiger partial charge >= 0.3 is 0 Å². The Kier molecular flexibility index (Phi) is 8.62. The molecule has 8 heteroatoms. The Bertz CT molecular complexity index is 984. The van der Waals surface area contributed by atoms with Crippen LogP contribution >= 0.6 is 0 Å². The van der Waals surface area contributed by atoms with Crippen LogP contribution in [0.1, 0.15) is 37.8 Å². The van der Waals surface area contributed by atoms with Gasteiger partial charge in [-0.3, -0.25) is 13.9 Å². The number of nitrogens with one attached hydrogen (secondary N) is 2. The molecule has 0 atom stereocenters. The molecule has 0 saturated carbocycles. The summed E-state index contributed by atoms with van der Waals surface area (Å²) in [5, 5.41) is 5.44. The van der Waals surface area contributed by atoms with Gasteiger partial charge in [0.15, 0.2) is 0 Å². The van der Waals surface area contributed by atoms with Gasteiger partial charge in [0.05, 0.1) is 10.6 Å². The molecule has 168 valence electrons. The average Bonchev–Trinajstić information content (AvgIpc) is 2.69. The van der Waals surface area contributed by atoms with Crippen molar-refractivity contribution >= 4 is 27.5 Å². The predicted molar refractivity (Wildman–Crippen MR) is 122 cm³/mol. The number of carbonyl (C=O) groups excluding carboxylic acids is 2. The zero-order chi connectivity index (χ0) is 23.0. The van der Waals surface area contributed by atoms with Crippen LogP contribution in [0.3, 0.4) is 0 Å². The van der Waals surface area contributed by atoms with Crippen LogP contribution in [-0.2, 0) is 19.6 Å². The number of aryl methyl sites for hydroxylation is 2. The maximum atomic E-state index is 13.3. The summed E-state index contributed by atoms with van der Waals surface area (Å²) < 4.78 is 27.8. The second-order valence-electron chi connectivity index (χ2n) is 7.80. The molecule has 0 aliphatic heterocycles. The van der Waals surface area contributed by atoms with E-state index in [0.29, 0.717) is 5.69 Å². The van der Waals surface area contributed by atoms with Gasteiger partial charge in [0.1, 0.15) is 0 Å². The van der Waals surface area contributed by atoms with Gasteiger partial charge in [0.25, 0.3) is 10.0 Å². The van der Waals surface area contributed by atoms with Crippen molar-refractivity contribution in [3.8, 4) is 0 Å². The molecule has 0 unspecified atom stereocenters. The van der Waals surface area contributed by atoms with Crippen LogP contribution in [0, 0.1) is 13.8 Å². The molecule has 2 amide bonds. The maximum absolute atomic E-state index is 13.3. The van der Waals surface area contributed by atoms with Crippen LogP contribution in [0.2, 0.25) is 0 Å². The first-order valence-electron chi connectivity index (χ1n) is 10.3. The number of hydrogen-bond acceptors (Lipinski definition) is 4. The Morgan fingerprint density at radius 1 is 0.871 bits per heavy atom. The summed E-state index contributed by atoms with van der Waals surface area (Å²) in [7, 11) is -3.84. The summed E-state index contributed by atoms with van der Waals surface area (Å²) in [4.78, 5) is 24.1. The third kappa shape index (κ3) is 7.40. The summed E-state index contributed by atoms with van der Waals surface area (Å²) in [6.45, 7) is 7.73. The van der Waals surface area contributed by atoms with Gasteiger partial charge in [-0.15, -0.1) is 0 Å². The number of sulfonamides is 1. The van der Waals surface area contributed by atoms with Gasteiger partial charge in [0, 0.05) is 32.0 Å². The zero-order valence-electron chi connectivity index (χ0n) is 18.5. The molecule has 2 rings (SSSR count). The molecule has 2 N–H and O–H groups in total. The van der Waals surface area contributed by atoms with Gasteiger partial charge in [-0.1, -0.05) is 35.4 Å². The first-order chi connectivity index (χ1) is 14.6. The molecule has 0 radical (unpaired) electrons. The molecule has 31 heavy (non-hydrogen) atoms. The van der Waals surface area contributed by atoms with Crippen LogP contribution in [0.15, 0.2) is 53.4 Å². The second-order valence-corrected chi connectivity index (χ2v) is 9.66. The van der Waals surface area contributed by atoms with E-state index in [0.717, 1.165) is 11.1 Å². The lowest BCUT2D eigenvalue weighted by atomic mass is 10.2. The smallest absolute Gasteiger partial charge is 0.264 e. The van der Waals surface area contributed by atoms with Crippen molar-refractivity contribution in [2.75, 3.05) is 17.4 Å². The van der Waals surface area contributed by atoms with E-state index < -0.39 is 10.0 Å². The molecular formula is C23H31N3O4S. The number of nitrogens with zero attached hydrogens (tertiary/aromatic N) is 1. The number of rotatable bonds is 10. The minimum Gasteiger partial charge on any atom is -0.356 e. The normalized spacial score (nSPS) is 11.3. The van der Waals surface area contributed by atoms with Crippen molar-refractivity contribution in [1.82, 2.24) is 10.6 Å². The fourth-order valence-electron chi connectivity index (χ4n) is 2.94. The third-order valence-electron chi connectivity index (χ3n) is 4.60. The van der Waals surface area contributed by atoms with Crippen molar-refractivity contribution in [3.63, 3.8) is 0 Å². The first-order valence-corrected chi connectivity index (χ1v) is 11.8. The Morgan fingerprint density at radius 2 is 1.42 bits per heavy atom. The van der Waals surface area contributed by atoms with Gasteiger partial charge in [-0.25, -0.2) is 8.42 Å². The summed E-state index contributed by atoms with van der Waals surface area (Å²) in [5.41, 5.74) is 2.46. The fraction of sp³-hybridized carbons (Fsp3) is 0.391. The minimum atomic E-state index is -3.84. The first kappa shape index (κ1) is 24.4. The lowest BCUT2D eigenvalue weighted by molar-refractivity contribution is -0.122. The highest BCUT2D eigenvalue weighted by Crippen LogP contribution is 2.24. The van der Waals surface area contributed by atoms with E-state index in [1.165, 1.54) is 4.31 Å². The molecule has 0 aliphatic rings. The molecule has 0 spiro atoms. The Morgan fingerprint density at radius 3 is 1.97 bits per heavy atom. The standard InChI is InChI=1S/C23H31N3O4S/c1-17(2)25-23(28)13-15-24-22(27)14-16-26(20-9-5-18(3)6-10-20)31(29,30)21-11-7-19(4)8-12-21/h5-12,17H,13-16H2,1-4H3,(H,24,27)(H,25,28). The lowest BCUT2D eigenvalue weighted by Gasteiger charge is -2.24. The average molecular weight is 446 g/mol. The zero-order valence-corrected chi connectivity index (χ0v) is 19.3. The Hall–Kier alpha value is -2.87. The summed E-state index contributed by atoms with van der Waals surface area (Å²) >= 11 is 0. The molecule has 0 aromatic heterocycles. The number of hydrogen-bond donors (Lipinski definition) is 2. The highest BCUT2D eigenvalue weighted by atomic mass is 32.2. The van der Waals surface area contributed by atoms with Crippen LogP contribution in [0.5, 0.6) is 0 Å². The van der Waals surface area contributed by atoms with Crippen LogP contribution in [0.4, 0.5) is 5.69 Å². The van der Waals surface area contributed by atoms with E-state index in [1.54, 1.807) is 36.4 Å². The van der Waals surface area contributed by atoms with Crippen molar-refractivity contribution in [1.29, 1.82) is 0 Å². The van der Waals surface area contributed by atoms with Crippen molar-refractivity contribution in [2.45, 2.75) is 51.5 Å². The molecular weight excluding hydrogens is 414 g/mol. The number of benzene rings is 2. The van der Waals surface area contributed by atoms with E-state index in [1.807, 2.05) is 39.8 Å². The molecule has 2 aromatic rings. The SMILES string of the molecule is Cc1ccc(N(CCC(=O)NCCC(=O)NC(C)C)S(=O)(=O)c2ccc(C)cc2)cc1. The number of anilines is 1. The molecule has 0 fully saturated rings. The number of carbonyl (C=O) groups is 2. The van der Waals surface area contributed by atoms with Crippen LogP contribution in [0.25, 0.3) is 0 Å². The van der Waals surface area contributed by atoms with E-state index in [2.05, 4.69) is 10.6 Å². The highest BCUT2D eigenvalue weighted by Gasteiger charge is 2.25. The van der Waals surface area contributed by atoms with E-state index in [9.17, 15) is 18.0 Å². The largest absolute Gasteiger partial charge is 0.356 e. The van der Waals surface area contributed by atoms with Gasteiger partial charge < -0.3 is 10.6 Å². The minimum absolute atomic E-state index is 0.0106. The summed E-state index contributed by atoms with van der Waals surface area (Å²) in [5.74, 6) is -0.452. The van der Waals surface area contributed by atoms with E-state index in [4.69, 9.17) is 0 Å². The van der Waals surface area contributed by atoms with Crippen LogP contribution in [-0.4, -0.2) is 39.4 Å². The third-order valence-corrected chi connectivity index (χ3v) is 6.44. The monoisotopic (exact) mass is 445 g/mol. The quantitative estimate of drug-likeness (QED) is 0.588. The predicted octanol–water partition coefficient (Wildman–Crippen LogP) is 2.92. The summed E-state index contributed by atoms with van der Waals surface area (Å²) in [6.07, 6.45) is 0.151. The van der Waals surface area contributed by atoms with Gasteiger partial charge in [0.2, 0.25) is 11.8 Å². The Balaban J connectivity index is 2.10. The Labute approximate surface area is 184 Å². The van der Waals surface area contributed by atoms with Gasteiger partial charge in [-0.2, -0.15) is 0 Å². The highest BCUT2D eigenvalue weighted by molar-refractivity contribution is 7.92. The second kappa shape index (κ2) is 10.9. The van der Waals surface area contributed by atoms with Crippen molar-refractivity contribution < 1.29 is 18.0 Å². The molecule has 0 bridgehead atoms. The topological polar surface area (TPSA) is 95.6 Å².